The first kappa shape index (κ1) is 18.3. The van der Waals surface area contributed by atoms with Crippen molar-refractivity contribution in [2.45, 2.75) is 12.8 Å². The van der Waals surface area contributed by atoms with E-state index in [1.54, 1.807) is 6.07 Å². The number of hydrogen-bond donors (Lipinski definition) is 1. The minimum Gasteiger partial charge on any atom is -0.480 e. The number of benzene rings is 1. The molecule has 1 fully saturated rings. The Hall–Kier alpha value is -1.54. The molecular weight excluding hydrogens is 364 g/mol. The van der Waals surface area contributed by atoms with Crippen LogP contribution >= 0.6 is 22.9 Å². The van der Waals surface area contributed by atoms with Crippen LogP contribution in [0.1, 0.15) is 22.6 Å². The second-order valence-electron chi connectivity index (χ2n) is 6.03. The normalized spacial score (nSPS) is 16.4. The fraction of sp³-hybridized carbons (Fsp3) is 0.471. The Morgan fingerprint density at radius 1 is 1.36 bits per heavy atom. The molecule has 0 radical (unpaired) electrons. The van der Waals surface area contributed by atoms with E-state index in [9.17, 15) is 9.59 Å². The summed E-state index contributed by atoms with van der Waals surface area (Å²) in [6, 6.07) is 5.57. The molecule has 6 nitrogen and oxygen atoms in total. The summed E-state index contributed by atoms with van der Waals surface area (Å²) in [4.78, 5) is 29.7. The molecule has 2 heterocycles. The number of aliphatic carboxylic acids is 1. The maximum Gasteiger partial charge on any atom is 0.329 e. The lowest BCUT2D eigenvalue weighted by molar-refractivity contribution is -0.142. The molecule has 25 heavy (non-hydrogen) atoms. The van der Waals surface area contributed by atoms with E-state index < -0.39 is 5.97 Å². The number of thiazole rings is 1. The first-order chi connectivity index (χ1) is 12.0. The third-order valence-electron chi connectivity index (χ3n) is 4.32. The van der Waals surface area contributed by atoms with Gasteiger partial charge in [0.15, 0.2) is 10.8 Å². The second kappa shape index (κ2) is 8.23. The summed E-state index contributed by atoms with van der Waals surface area (Å²) in [6.07, 6.45) is 1.56. The number of likely N-dealkylation sites (tertiary alicyclic amines) is 1. The average molecular weight is 383 g/mol. The monoisotopic (exact) mass is 382 g/mol. The number of Topliss-reactive ketones (excluding diaryl/α,β-unsaturated/α-hetero) is 1. The second-order valence-corrected chi connectivity index (χ2v) is 7.47. The zero-order valence-corrected chi connectivity index (χ0v) is 15.2. The number of nitrogens with zero attached hydrogens (tertiary/aromatic N) is 2. The number of carboxylic acid groups (broad SMARTS) is 1. The van der Waals surface area contributed by atoms with Crippen molar-refractivity contribution in [3.8, 4) is 0 Å². The van der Waals surface area contributed by atoms with Crippen molar-refractivity contribution < 1.29 is 19.4 Å². The van der Waals surface area contributed by atoms with Gasteiger partial charge in [-0.2, -0.15) is 0 Å². The van der Waals surface area contributed by atoms with Gasteiger partial charge in [0.1, 0.15) is 12.1 Å². The molecule has 1 saturated heterocycles. The van der Waals surface area contributed by atoms with E-state index in [-0.39, 0.29) is 18.3 Å². The van der Waals surface area contributed by atoms with E-state index in [4.69, 9.17) is 21.4 Å². The highest BCUT2D eigenvalue weighted by atomic mass is 35.5. The number of fused-ring (bicyclic) bond motifs is 1. The number of aromatic nitrogens is 1. The summed E-state index contributed by atoms with van der Waals surface area (Å²) in [5.41, 5.74) is 0.700. The molecule has 0 bridgehead atoms. The molecular formula is C17H19ClN2O4S. The lowest BCUT2D eigenvalue weighted by Crippen LogP contribution is -2.38. The third-order valence-corrected chi connectivity index (χ3v) is 5.66. The van der Waals surface area contributed by atoms with Crippen molar-refractivity contribution in [3.63, 3.8) is 0 Å². The van der Waals surface area contributed by atoms with Gasteiger partial charge in [0.05, 0.1) is 16.3 Å². The minimum atomic E-state index is -0.958. The SMILES string of the molecule is O=C(O)COCCN1CCC(C(=O)c2nc3c(Cl)cccc3s2)CC1. The molecule has 2 aromatic rings. The van der Waals surface area contributed by atoms with E-state index in [0.717, 1.165) is 30.6 Å². The van der Waals surface area contributed by atoms with Crippen LogP contribution in [0.15, 0.2) is 18.2 Å². The van der Waals surface area contributed by atoms with Crippen LogP contribution in [-0.4, -0.2) is 59.6 Å². The number of carbonyl (C=O) groups excluding carboxylic acids is 1. The molecule has 1 N–H and O–H groups in total. The lowest BCUT2D eigenvalue weighted by atomic mass is 9.93. The number of piperidine rings is 1. The number of halogens is 1. The Kier molecular flexibility index (Phi) is 6.01. The van der Waals surface area contributed by atoms with E-state index in [1.165, 1.54) is 11.3 Å². The summed E-state index contributed by atoms with van der Waals surface area (Å²) in [7, 11) is 0. The van der Waals surface area contributed by atoms with Crippen molar-refractivity contribution >= 4 is 44.9 Å². The van der Waals surface area contributed by atoms with Crippen molar-refractivity contribution in [1.29, 1.82) is 0 Å². The Balaban J connectivity index is 1.52. The number of rotatable bonds is 7. The van der Waals surface area contributed by atoms with Crippen LogP contribution in [0.25, 0.3) is 10.2 Å². The van der Waals surface area contributed by atoms with Gasteiger partial charge in [-0.05, 0) is 38.1 Å². The van der Waals surface area contributed by atoms with Crippen LogP contribution in [0.4, 0.5) is 0 Å². The topological polar surface area (TPSA) is 79.7 Å². The molecule has 1 aromatic heterocycles. The van der Waals surface area contributed by atoms with Crippen molar-refractivity contribution in [1.82, 2.24) is 9.88 Å². The molecule has 0 aliphatic carbocycles. The van der Waals surface area contributed by atoms with Gasteiger partial charge in [0, 0.05) is 12.5 Å². The van der Waals surface area contributed by atoms with Crippen LogP contribution in [-0.2, 0) is 9.53 Å². The third kappa shape index (κ3) is 4.55. The molecule has 0 amide bonds. The van der Waals surface area contributed by atoms with Crippen LogP contribution in [0.3, 0.4) is 0 Å². The lowest BCUT2D eigenvalue weighted by Gasteiger charge is -2.30. The van der Waals surface area contributed by atoms with E-state index in [2.05, 4.69) is 9.88 Å². The van der Waals surface area contributed by atoms with Gasteiger partial charge in [0.2, 0.25) is 0 Å². The number of para-hydroxylation sites is 1. The van der Waals surface area contributed by atoms with Gasteiger partial charge in [-0.3, -0.25) is 4.79 Å². The molecule has 0 unspecified atom stereocenters. The van der Waals surface area contributed by atoms with Gasteiger partial charge in [-0.1, -0.05) is 17.7 Å². The average Bonchev–Trinajstić information content (AvgIpc) is 3.04. The Morgan fingerprint density at radius 2 is 2.12 bits per heavy atom. The Labute approximate surface area is 154 Å². The largest absolute Gasteiger partial charge is 0.480 e. The van der Waals surface area contributed by atoms with E-state index in [1.807, 2.05) is 12.1 Å². The molecule has 134 valence electrons. The first-order valence-electron chi connectivity index (χ1n) is 8.16. The number of carbonyl (C=O) groups is 2. The highest BCUT2D eigenvalue weighted by Crippen LogP contribution is 2.30. The summed E-state index contributed by atoms with van der Waals surface area (Å²) in [5.74, 6) is -0.880. The molecule has 1 aromatic carbocycles. The predicted octanol–water partition coefficient (Wildman–Crippen LogP) is 2.95. The molecule has 8 heteroatoms. The fourth-order valence-corrected chi connectivity index (χ4v) is 4.25. The highest BCUT2D eigenvalue weighted by molar-refractivity contribution is 7.20. The van der Waals surface area contributed by atoms with Gasteiger partial charge in [-0.15, -0.1) is 11.3 Å². The zero-order valence-electron chi connectivity index (χ0n) is 13.6. The highest BCUT2D eigenvalue weighted by Gasteiger charge is 2.28. The first-order valence-corrected chi connectivity index (χ1v) is 9.35. The number of ether oxygens (including phenoxy) is 1. The quantitative estimate of drug-likeness (QED) is 0.585. The zero-order chi connectivity index (χ0) is 17.8. The van der Waals surface area contributed by atoms with Crippen molar-refractivity contribution in [2.24, 2.45) is 5.92 Å². The molecule has 0 atom stereocenters. The molecule has 1 aliphatic rings. The molecule has 0 spiro atoms. The van der Waals surface area contributed by atoms with Crippen LogP contribution in [0.5, 0.6) is 0 Å². The minimum absolute atomic E-state index is 0.0180. The van der Waals surface area contributed by atoms with Gasteiger partial charge >= 0.3 is 5.97 Å². The maximum atomic E-state index is 12.7. The summed E-state index contributed by atoms with van der Waals surface area (Å²) in [5, 5.41) is 9.64. The Morgan fingerprint density at radius 3 is 2.80 bits per heavy atom. The smallest absolute Gasteiger partial charge is 0.329 e. The predicted molar refractivity (Wildman–Crippen MR) is 96.6 cm³/mol. The van der Waals surface area contributed by atoms with Crippen LogP contribution in [0.2, 0.25) is 5.02 Å². The number of ketones is 1. The van der Waals surface area contributed by atoms with Gasteiger partial charge in [0.25, 0.3) is 0 Å². The molecule has 0 saturated carbocycles. The van der Waals surface area contributed by atoms with Crippen molar-refractivity contribution in [2.75, 3.05) is 32.8 Å². The summed E-state index contributed by atoms with van der Waals surface area (Å²) >= 11 is 7.54. The fourth-order valence-electron chi connectivity index (χ4n) is 2.97. The van der Waals surface area contributed by atoms with Crippen LogP contribution in [0, 0.1) is 5.92 Å². The van der Waals surface area contributed by atoms with Gasteiger partial charge in [-0.25, -0.2) is 9.78 Å². The van der Waals surface area contributed by atoms with E-state index >= 15 is 0 Å². The molecule has 1 aliphatic heterocycles. The Bertz CT molecular complexity index is 771. The number of hydrogen-bond acceptors (Lipinski definition) is 6. The van der Waals surface area contributed by atoms with Gasteiger partial charge < -0.3 is 14.7 Å². The number of carboxylic acids is 1. The summed E-state index contributed by atoms with van der Waals surface area (Å²) < 4.78 is 5.99. The maximum absolute atomic E-state index is 12.7. The van der Waals surface area contributed by atoms with Crippen LogP contribution < -0.4 is 0 Å². The van der Waals surface area contributed by atoms with E-state index in [0.29, 0.717) is 28.7 Å². The standard InChI is InChI=1S/C17H19ClN2O4S/c18-12-2-1-3-13-15(12)19-17(25-13)16(23)11-4-6-20(7-5-11)8-9-24-10-14(21)22/h1-3,11H,4-10H2,(H,21,22). The summed E-state index contributed by atoms with van der Waals surface area (Å²) in [6.45, 7) is 2.41. The molecule has 3 rings (SSSR count). The van der Waals surface area contributed by atoms with Crippen molar-refractivity contribution in [3.05, 3.63) is 28.2 Å².